The van der Waals surface area contributed by atoms with Gasteiger partial charge >= 0.3 is 5.97 Å². The van der Waals surface area contributed by atoms with E-state index in [-0.39, 0.29) is 17.9 Å². The summed E-state index contributed by atoms with van der Waals surface area (Å²) in [4.78, 5) is 22.2. The van der Waals surface area contributed by atoms with E-state index in [2.05, 4.69) is 5.32 Å². The molecule has 1 aromatic heterocycles. The highest BCUT2D eigenvalue weighted by Gasteiger charge is 2.35. The second kappa shape index (κ2) is 4.00. The maximum Gasteiger partial charge on any atom is 0.306 e. The van der Waals surface area contributed by atoms with Gasteiger partial charge in [-0.2, -0.15) is 0 Å². The van der Waals surface area contributed by atoms with E-state index >= 15 is 0 Å². The van der Waals surface area contributed by atoms with Gasteiger partial charge in [0.15, 0.2) is 5.76 Å². The first-order chi connectivity index (χ1) is 7.58. The average molecular weight is 223 g/mol. The van der Waals surface area contributed by atoms with Crippen LogP contribution in [0.2, 0.25) is 0 Å². The fourth-order valence-electron chi connectivity index (χ4n) is 1.79. The summed E-state index contributed by atoms with van der Waals surface area (Å²) >= 11 is 0. The fourth-order valence-corrected chi connectivity index (χ4v) is 1.79. The normalized spacial score (nSPS) is 23.6. The van der Waals surface area contributed by atoms with Crippen molar-refractivity contribution in [3.05, 3.63) is 23.7 Å². The first-order valence-electron chi connectivity index (χ1n) is 5.15. The molecule has 2 rings (SSSR count). The number of furan rings is 1. The second-order valence-corrected chi connectivity index (χ2v) is 4.11. The molecule has 0 bridgehead atoms. The molecule has 1 fully saturated rings. The number of aliphatic carboxylic acids is 1. The Hall–Kier alpha value is -1.78. The zero-order chi connectivity index (χ0) is 11.7. The van der Waals surface area contributed by atoms with Crippen molar-refractivity contribution in [3.63, 3.8) is 0 Å². The molecule has 0 saturated heterocycles. The van der Waals surface area contributed by atoms with Crippen LogP contribution in [0.1, 0.15) is 29.0 Å². The zero-order valence-corrected chi connectivity index (χ0v) is 8.90. The Bertz CT molecular complexity index is 417. The molecule has 0 aromatic carbocycles. The van der Waals surface area contributed by atoms with Crippen LogP contribution < -0.4 is 5.32 Å². The monoisotopic (exact) mass is 223 g/mol. The number of carbonyl (C=O) groups excluding carboxylic acids is 1. The van der Waals surface area contributed by atoms with Gasteiger partial charge in [0.25, 0.3) is 5.91 Å². The van der Waals surface area contributed by atoms with Gasteiger partial charge in [0.2, 0.25) is 0 Å². The molecule has 2 N–H and O–H groups in total. The Kier molecular flexibility index (Phi) is 2.68. The molecule has 0 radical (unpaired) electrons. The van der Waals surface area contributed by atoms with Crippen LogP contribution in [0.5, 0.6) is 0 Å². The number of rotatable bonds is 3. The topological polar surface area (TPSA) is 79.5 Å². The number of carboxylic acids is 1. The molecule has 1 saturated carbocycles. The molecule has 1 aliphatic rings. The fraction of sp³-hybridized carbons (Fsp3) is 0.455. The molecule has 5 nitrogen and oxygen atoms in total. The average Bonchev–Trinajstić information content (AvgIpc) is 2.56. The maximum atomic E-state index is 11.7. The van der Waals surface area contributed by atoms with E-state index < -0.39 is 5.97 Å². The highest BCUT2D eigenvalue weighted by molar-refractivity contribution is 5.93. The Morgan fingerprint density at radius 1 is 1.50 bits per heavy atom. The quantitative estimate of drug-likeness (QED) is 0.806. The lowest BCUT2D eigenvalue weighted by molar-refractivity contribution is -0.145. The van der Waals surface area contributed by atoms with Gasteiger partial charge in [-0.1, -0.05) is 0 Å². The van der Waals surface area contributed by atoms with E-state index in [1.54, 1.807) is 13.0 Å². The standard InChI is InChI=1S/C11H13NO4/c1-6-2-3-16-9(6)10(13)12-8-4-7(5-8)11(14)15/h2-3,7-8H,4-5H2,1H3,(H,12,13)(H,14,15). The summed E-state index contributed by atoms with van der Waals surface area (Å²) in [6.07, 6.45) is 2.47. The van der Waals surface area contributed by atoms with Crippen LogP contribution in [-0.4, -0.2) is 23.0 Å². The summed E-state index contributed by atoms with van der Waals surface area (Å²) in [7, 11) is 0. The molecule has 1 aliphatic carbocycles. The molecule has 0 unspecified atom stereocenters. The van der Waals surface area contributed by atoms with Crippen molar-refractivity contribution in [1.29, 1.82) is 0 Å². The number of carbonyl (C=O) groups is 2. The molecule has 1 aromatic rings. The molecule has 5 heteroatoms. The van der Waals surface area contributed by atoms with E-state index in [9.17, 15) is 9.59 Å². The number of amides is 1. The number of aryl methyl sites for hydroxylation is 1. The summed E-state index contributed by atoms with van der Waals surface area (Å²) in [6, 6.07) is 1.67. The van der Waals surface area contributed by atoms with Gasteiger partial charge in [0.05, 0.1) is 12.2 Å². The van der Waals surface area contributed by atoms with E-state index in [0.717, 1.165) is 5.56 Å². The summed E-state index contributed by atoms with van der Waals surface area (Å²) in [5, 5.41) is 11.4. The van der Waals surface area contributed by atoms with E-state index in [1.807, 2.05) is 0 Å². The van der Waals surface area contributed by atoms with Gasteiger partial charge in [-0.05, 0) is 25.8 Å². The molecule has 0 spiro atoms. The number of hydrogen-bond acceptors (Lipinski definition) is 3. The van der Waals surface area contributed by atoms with Crippen LogP contribution in [0.3, 0.4) is 0 Å². The molecule has 1 heterocycles. The van der Waals surface area contributed by atoms with E-state index in [1.165, 1.54) is 6.26 Å². The summed E-state index contributed by atoms with van der Waals surface area (Å²) in [6.45, 7) is 1.79. The molecule has 1 amide bonds. The van der Waals surface area contributed by atoms with Gasteiger partial charge in [0, 0.05) is 11.6 Å². The highest BCUT2D eigenvalue weighted by atomic mass is 16.4. The van der Waals surface area contributed by atoms with Crippen molar-refractivity contribution in [2.24, 2.45) is 5.92 Å². The molecule has 16 heavy (non-hydrogen) atoms. The smallest absolute Gasteiger partial charge is 0.306 e. The second-order valence-electron chi connectivity index (χ2n) is 4.11. The minimum Gasteiger partial charge on any atom is -0.481 e. The Morgan fingerprint density at radius 2 is 2.19 bits per heavy atom. The van der Waals surface area contributed by atoms with Crippen LogP contribution in [0.15, 0.2) is 16.7 Å². The first kappa shape index (κ1) is 10.7. The lowest BCUT2D eigenvalue weighted by Crippen LogP contribution is -2.46. The van der Waals surface area contributed by atoms with Crippen molar-refractivity contribution in [3.8, 4) is 0 Å². The summed E-state index contributed by atoms with van der Waals surface area (Å²) < 4.78 is 5.04. The van der Waals surface area contributed by atoms with Gasteiger partial charge in [-0.25, -0.2) is 0 Å². The molecule has 0 atom stereocenters. The SMILES string of the molecule is Cc1ccoc1C(=O)NC1CC(C(=O)O)C1. The molecule has 0 aliphatic heterocycles. The van der Waals surface area contributed by atoms with Crippen LogP contribution in [0, 0.1) is 12.8 Å². The zero-order valence-electron chi connectivity index (χ0n) is 8.90. The Morgan fingerprint density at radius 3 is 2.69 bits per heavy atom. The van der Waals surface area contributed by atoms with Crippen molar-refractivity contribution in [1.82, 2.24) is 5.32 Å². The van der Waals surface area contributed by atoms with E-state index in [4.69, 9.17) is 9.52 Å². The third-order valence-electron chi connectivity index (χ3n) is 2.89. The third kappa shape index (κ3) is 1.93. The molecule has 86 valence electrons. The Labute approximate surface area is 92.4 Å². The number of hydrogen-bond donors (Lipinski definition) is 2. The number of nitrogens with one attached hydrogen (secondary N) is 1. The lowest BCUT2D eigenvalue weighted by Gasteiger charge is -2.32. The largest absolute Gasteiger partial charge is 0.481 e. The lowest BCUT2D eigenvalue weighted by atomic mass is 9.80. The molecular weight excluding hydrogens is 210 g/mol. The Balaban J connectivity index is 1.87. The maximum absolute atomic E-state index is 11.7. The van der Waals surface area contributed by atoms with Crippen LogP contribution >= 0.6 is 0 Å². The minimum atomic E-state index is -0.792. The van der Waals surface area contributed by atoms with Gasteiger partial charge in [0.1, 0.15) is 0 Å². The van der Waals surface area contributed by atoms with Crippen molar-refractivity contribution in [2.75, 3.05) is 0 Å². The van der Waals surface area contributed by atoms with Gasteiger partial charge < -0.3 is 14.8 Å². The molecular formula is C11H13NO4. The van der Waals surface area contributed by atoms with Gasteiger partial charge in [-0.15, -0.1) is 0 Å². The van der Waals surface area contributed by atoms with Crippen molar-refractivity contribution in [2.45, 2.75) is 25.8 Å². The van der Waals surface area contributed by atoms with Crippen molar-refractivity contribution < 1.29 is 19.1 Å². The third-order valence-corrected chi connectivity index (χ3v) is 2.89. The van der Waals surface area contributed by atoms with E-state index in [0.29, 0.717) is 18.6 Å². The minimum absolute atomic E-state index is 0.0434. The predicted molar refractivity (Wildman–Crippen MR) is 55.1 cm³/mol. The summed E-state index contributed by atoms with van der Waals surface area (Å²) in [5.74, 6) is -1.07. The van der Waals surface area contributed by atoms with Crippen LogP contribution in [0.4, 0.5) is 0 Å². The summed E-state index contributed by atoms with van der Waals surface area (Å²) in [5.41, 5.74) is 0.784. The number of carboxylic acid groups (broad SMARTS) is 1. The van der Waals surface area contributed by atoms with Crippen LogP contribution in [-0.2, 0) is 4.79 Å². The predicted octanol–water partition coefficient (Wildman–Crippen LogP) is 1.18. The first-order valence-corrected chi connectivity index (χ1v) is 5.15. The van der Waals surface area contributed by atoms with Crippen molar-refractivity contribution >= 4 is 11.9 Å². The van der Waals surface area contributed by atoms with Gasteiger partial charge in [-0.3, -0.25) is 9.59 Å². The van der Waals surface area contributed by atoms with Crippen LogP contribution in [0.25, 0.3) is 0 Å². The highest BCUT2D eigenvalue weighted by Crippen LogP contribution is 2.27.